The minimum absolute atomic E-state index is 0.0103. The molecule has 0 spiro atoms. The molecule has 2 aromatic rings. The normalized spacial score (nSPS) is 14.6. The molecule has 0 saturated heterocycles. The number of hydrogen-bond donors (Lipinski definition) is 7. The molecule has 12 heteroatoms. The summed E-state index contributed by atoms with van der Waals surface area (Å²) in [5.74, 6) is -5.56. The van der Waals surface area contributed by atoms with E-state index in [9.17, 15) is 39.3 Å². The highest BCUT2D eigenvalue weighted by Crippen LogP contribution is 2.12. The number of phenols is 1. The zero-order valence-electron chi connectivity index (χ0n) is 22.4. The monoisotopic (exact) mass is 556 g/mol. The summed E-state index contributed by atoms with van der Waals surface area (Å²) in [6, 6.07) is 9.66. The molecule has 0 bridgehead atoms. The number of carboxylic acids is 2. The first-order valence-corrected chi connectivity index (χ1v) is 12.8. The van der Waals surface area contributed by atoms with Gasteiger partial charge in [-0.05, 0) is 35.6 Å². The van der Waals surface area contributed by atoms with Crippen LogP contribution in [0.5, 0.6) is 5.75 Å². The molecule has 0 radical (unpaired) electrons. The van der Waals surface area contributed by atoms with Crippen LogP contribution in [0, 0.1) is 5.92 Å². The Kier molecular flexibility index (Phi) is 12.1. The van der Waals surface area contributed by atoms with Crippen LogP contribution >= 0.6 is 0 Å². The molecule has 5 atom stereocenters. The second kappa shape index (κ2) is 15.2. The summed E-state index contributed by atoms with van der Waals surface area (Å²) in [4.78, 5) is 62.3. The number of hydrogen-bond acceptors (Lipinski definition) is 7. The smallest absolute Gasteiger partial charge is 0.326 e. The van der Waals surface area contributed by atoms with Crippen molar-refractivity contribution >= 4 is 29.7 Å². The summed E-state index contributed by atoms with van der Waals surface area (Å²) in [6.07, 6.45) is -0.252. The highest BCUT2D eigenvalue weighted by atomic mass is 16.4. The second-order valence-electron chi connectivity index (χ2n) is 9.60. The molecule has 3 amide bonds. The van der Waals surface area contributed by atoms with Gasteiger partial charge in [-0.15, -0.1) is 0 Å². The first-order chi connectivity index (χ1) is 18.9. The quantitative estimate of drug-likeness (QED) is 0.163. The zero-order chi connectivity index (χ0) is 29.8. The van der Waals surface area contributed by atoms with Crippen molar-refractivity contribution in [2.75, 3.05) is 0 Å². The molecule has 0 fully saturated rings. The number of amides is 3. The average molecular weight is 557 g/mol. The fourth-order valence-electron chi connectivity index (χ4n) is 3.91. The van der Waals surface area contributed by atoms with Gasteiger partial charge in [0.15, 0.2) is 0 Å². The summed E-state index contributed by atoms with van der Waals surface area (Å²) in [5, 5.41) is 35.6. The molecule has 2 rings (SSSR count). The van der Waals surface area contributed by atoms with Gasteiger partial charge in [0, 0.05) is 6.42 Å². The van der Waals surface area contributed by atoms with Crippen LogP contribution < -0.4 is 21.7 Å². The van der Waals surface area contributed by atoms with Gasteiger partial charge in [-0.2, -0.15) is 0 Å². The van der Waals surface area contributed by atoms with Crippen LogP contribution in [0.1, 0.15) is 37.8 Å². The third-order valence-corrected chi connectivity index (χ3v) is 6.43. The predicted octanol–water partition coefficient (Wildman–Crippen LogP) is 0.565. The maximum Gasteiger partial charge on any atom is 0.326 e. The Balaban J connectivity index is 2.23. The van der Waals surface area contributed by atoms with Crippen molar-refractivity contribution in [3.05, 3.63) is 65.7 Å². The molecule has 0 heterocycles. The molecular weight excluding hydrogens is 520 g/mol. The lowest BCUT2D eigenvalue weighted by Gasteiger charge is -2.26. The van der Waals surface area contributed by atoms with E-state index >= 15 is 0 Å². The Hall–Kier alpha value is -4.45. The van der Waals surface area contributed by atoms with Crippen LogP contribution in [0.4, 0.5) is 0 Å². The molecule has 12 nitrogen and oxygen atoms in total. The van der Waals surface area contributed by atoms with Crippen LogP contribution in [0.15, 0.2) is 54.6 Å². The molecular formula is C28H36N4O8. The number of rotatable bonds is 15. The number of carboxylic acid groups (broad SMARTS) is 2. The molecule has 0 aromatic heterocycles. The van der Waals surface area contributed by atoms with Crippen LogP contribution in [0.3, 0.4) is 0 Å². The van der Waals surface area contributed by atoms with Gasteiger partial charge in [-0.1, -0.05) is 62.7 Å². The van der Waals surface area contributed by atoms with Gasteiger partial charge in [-0.3, -0.25) is 19.2 Å². The van der Waals surface area contributed by atoms with E-state index in [1.807, 2.05) is 0 Å². The van der Waals surface area contributed by atoms with E-state index in [-0.39, 0.29) is 18.6 Å². The first kappa shape index (κ1) is 31.8. The standard InChI is InChI=1S/C28H36N4O8/c1-3-16(2)24(28(39)40)32-27(38)22(15-23(34)35)31-26(37)21(14-17-7-5-4-6-8-17)30-25(36)20(29)13-18-9-11-19(33)12-10-18/h4-12,16,20-22,24,33H,3,13-15,29H2,1-2H3,(H,30,36)(H,31,37)(H,32,38)(H,34,35)(H,39,40). The number of carbonyl (C=O) groups excluding carboxylic acids is 3. The van der Waals surface area contributed by atoms with E-state index in [1.54, 1.807) is 56.3 Å². The number of nitrogens with two attached hydrogens (primary N) is 1. The number of aromatic hydroxyl groups is 1. The number of aliphatic carboxylic acids is 2. The molecule has 40 heavy (non-hydrogen) atoms. The Labute approximate surface area is 232 Å². The Bertz CT molecular complexity index is 1170. The van der Waals surface area contributed by atoms with Crippen molar-refractivity contribution in [2.24, 2.45) is 11.7 Å². The van der Waals surface area contributed by atoms with E-state index in [4.69, 9.17) is 5.73 Å². The molecule has 2 aromatic carbocycles. The van der Waals surface area contributed by atoms with Crippen molar-refractivity contribution in [1.82, 2.24) is 16.0 Å². The van der Waals surface area contributed by atoms with Gasteiger partial charge < -0.3 is 37.0 Å². The lowest BCUT2D eigenvalue weighted by Crippen LogP contribution is -2.58. The summed E-state index contributed by atoms with van der Waals surface area (Å²) >= 11 is 0. The van der Waals surface area contributed by atoms with E-state index < -0.39 is 66.2 Å². The zero-order valence-corrected chi connectivity index (χ0v) is 22.4. The fraction of sp³-hybridized carbons (Fsp3) is 0.393. The van der Waals surface area contributed by atoms with E-state index in [2.05, 4.69) is 16.0 Å². The predicted molar refractivity (Wildman–Crippen MR) is 145 cm³/mol. The Morgan fingerprint density at radius 2 is 1.32 bits per heavy atom. The maximum atomic E-state index is 13.3. The highest BCUT2D eigenvalue weighted by molar-refractivity contribution is 5.95. The fourth-order valence-corrected chi connectivity index (χ4v) is 3.91. The number of nitrogens with one attached hydrogen (secondary N) is 3. The second-order valence-corrected chi connectivity index (χ2v) is 9.60. The Morgan fingerprint density at radius 1 is 0.775 bits per heavy atom. The van der Waals surface area contributed by atoms with Gasteiger partial charge in [0.2, 0.25) is 17.7 Å². The van der Waals surface area contributed by atoms with Crippen LogP contribution in [0.25, 0.3) is 0 Å². The summed E-state index contributed by atoms with van der Waals surface area (Å²) in [6.45, 7) is 3.36. The minimum Gasteiger partial charge on any atom is -0.508 e. The van der Waals surface area contributed by atoms with E-state index in [0.717, 1.165) is 0 Å². The molecule has 5 unspecified atom stereocenters. The Morgan fingerprint density at radius 3 is 1.88 bits per heavy atom. The van der Waals surface area contributed by atoms with E-state index in [0.29, 0.717) is 17.5 Å². The van der Waals surface area contributed by atoms with Crippen LogP contribution in [0.2, 0.25) is 0 Å². The SMILES string of the molecule is CCC(C)C(NC(=O)C(CC(=O)O)NC(=O)C(Cc1ccccc1)NC(=O)C(N)Cc1ccc(O)cc1)C(=O)O. The van der Waals surface area contributed by atoms with Crippen LogP contribution in [-0.2, 0) is 36.8 Å². The largest absolute Gasteiger partial charge is 0.508 e. The van der Waals surface area contributed by atoms with Gasteiger partial charge in [0.25, 0.3) is 0 Å². The van der Waals surface area contributed by atoms with Gasteiger partial charge in [-0.25, -0.2) is 4.79 Å². The third-order valence-electron chi connectivity index (χ3n) is 6.43. The summed E-state index contributed by atoms with van der Waals surface area (Å²) in [5.41, 5.74) is 7.42. The number of carbonyl (C=O) groups is 5. The molecule has 0 aliphatic rings. The number of phenolic OH excluding ortho intramolecular Hbond substituents is 1. The first-order valence-electron chi connectivity index (χ1n) is 12.8. The molecule has 0 saturated carbocycles. The van der Waals surface area contributed by atoms with Crippen molar-refractivity contribution in [3.8, 4) is 5.75 Å². The van der Waals surface area contributed by atoms with Crippen molar-refractivity contribution < 1.29 is 39.3 Å². The highest BCUT2D eigenvalue weighted by Gasteiger charge is 2.33. The van der Waals surface area contributed by atoms with Crippen molar-refractivity contribution in [2.45, 2.75) is 63.7 Å². The van der Waals surface area contributed by atoms with Gasteiger partial charge >= 0.3 is 11.9 Å². The van der Waals surface area contributed by atoms with Crippen LogP contribution in [-0.4, -0.2) is 69.1 Å². The summed E-state index contributed by atoms with van der Waals surface area (Å²) < 4.78 is 0. The van der Waals surface area contributed by atoms with Gasteiger partial charge in [0.05, 0.1) is 12.5 Å². The maximum absolute atomic E-state index is 13.3. The topological polar surface area (TPSA) is 208 Å². The van der Waals surface area contributed by atoms with Crippen molar-refractivity contribution in [1.29, 1.82) is 0 Å². The lowest BCUT2D eigenvalue weighted by atomic mass is 9.98. The molecule has 8 N–H and O–H groups in total. The van der Waals surface area contributed by atoms with E-state index in [1.165, 1.54) is 12.1 Å². The lowest BCUT2D eigenvalue weighted by molar-refractivity contribution is -0.144. The molecule has 216 valence electrons. The minimum atomic E-state index is -1.60. The van der Waals surface area contributed by atoms with Crippen molar-refractivity contribution in [3.63, 3.8) is 0 Å². The molecule has 0 aliphatic heterocycles. The third kappa shape index (κ3) is 10.0. The average Bonchev–Trinajstić information content (AvgIpc) is 2.91. The molecule has 0 aliphatic carbocycles. The summed E-state index contributed by atoms with van der Waals surface area (Å²) in [7, 11) is 0. The number of benzene rings is 2. The van der Waals surface area contributed by atoms with Gasteiger partial charge in [0.1, 0.15) is 23.9 Å².